The first-order chi connectivity index (χ1) is 11.2. The van der Waals surface area contributed by atoms with Crippen molar-refractivity contribution in [3.63, 3.8) is 0 Å². The summed E-state index contributed by atoms with van der Waals surface area (Å²) in [5, 5.41) is 12.0. The second-order valence-electron chi connectivity index (χ2n) is 5.49. The zero-order chi connectivity index (χ0) is 16.2. The predicted octanol–water partition coefficient (Wildman–Crippen LogP) is 0.335. The average molecular weight is 316 g/mol. The van der Waals surface area contributed by atoms with E-state index < -0.39 is 0 Å². The molecule has 23 heavy (non-hydrogen) atoms. The summed E-state index contributed by atoms with van der Waals surface area (Å²) < 4.78 is 6.90. The number of piperazine rings is 1. The van der Waals surface area contributed by atoms with Crippen molar-refractivity contribution in [2.24, 2.45) is 0 Å². The molecule has 1 saturated heterocycles. The van der Waals surface area contributed by atoms with Gasteiger partial charge in [-0.15, -0.1) is 5.10 Å². The number of aromatic nitrogens is 4. The molecule has 0 unspecified atom stereocenters. The van der Waals surface area contributed by atoms with Gasteiger partial charge in [0, 0.05) is 33.1 Å². The van der Waals surface area contributed by atoms with Gasteiger partial charge in [-0.2, -0.15) is 4.68 Å². The molecule has 1 fully saturated rings. The Labute approximate surface area is 134 Å². The quantitative estimate of drug-likeness (QED) is 0.809. The summed E-state index contributed by atoms with van der Waals surface area (Å²) >= 11 is 0. The Morgan fingerprint density at radius 3 is 2.48 bits per heavy atom. The summed E-state index contributed by atoms with van der Waals surface area (Å²) in [5.41, 5.74) is 0.896. The minimum atomic E-state index is 0.132. The van der Waals surface area contributed by atoms with Gasteiger partial charge in [0.2, 0.25) is 5.91 Å². The van der Waals surface area contributed by atoms with E-state index in [-0.39, 0.29) is 5.91 Å². The first-order valence-corrected chi connectivity index (χ1v) is 7.57. The number of tetrazole rings is 1. The molecule has 0 bridgehead atoms. The molecule has 0 radical (unpaired) electrons. The highest BCUT2D eigenvalue weighted by Gasteiger charge is 2.20. The van der Waals surface area contributed by atoms with E-state index >= 15 is 0 Å². The molecule has 1 amide bonds. The van der Waals surface area contributed by atoms with Gasteiger partial charge in [-0.3, -0.25) is 9.69 Å². The Kier molecular flexibility index (Phi) is 4.52. The van der Waals surface area contributed by atoms with Crippen LogP contribution in [0.2, 0.25) is 0 Å². The van der Waals surface area contributed by atoms with Crippen molar-refractivity contribution >= 4 is 5.91 Å². The summed E-state index contributed by atoms with van der Waals surface area (Å²) in [5.74, 6) is 1.71. The van der Waals surface area contributed by atoms with Crippen LogP contribution in [0.25, 0.3) is 5.69 Å². The lowest BCUT2D eigenvalue weighted by molar-refractivity contribution is -0.130. The van der Waals surface area contributed by atoms with Gasteiger partial charge in [0.05, 0.1) is 19.3 Å². The predicted molar refractivity (Wildman–Crippen MR) is 83.2 cm³/mol. The maximum atomic E-state index is 11.4. The molecule has 1 aromatic heterocycles. The number of rotatable bonds is 4. The highest BCUT2D eigenvalue weighted by atomic mass is 16.5. The van der Waals surface area contributed by atoms with E-state index in [9.17, 15) is 4.79 Å². The zero-order valence-electron chi connectivity index (χ0n) is 13.3. The number of nitrogens with zero attached hydrogens (tertiary/aromatic N) is 6. The molecule has 122 valence electrons. The van der Waals surface area contributed by atoms with Crippen LogP contribution in [0.1, 0.15) is 12.7 Å². The van der Waals surface area contributed by atoms with Gasteiger partial charge in [-0.1, -0.05) is 0 Å². The smallest absolute Gasteiger partial charge is 0.219 e. The third kappa shape index (κ3) is 3.48. The lowest BCUT2D eigenvalue weighted by Gasteiger charge is -2.33. The van der Waals surface area contributed by atoms with Crippen molar-refractivity contribution < 1.29 is 9.53 Å². The van der Waals surface area contributed by atoms with Crippen LogP contribution in [0, 0.1) is 0 Å². The Hall–Kier alpha value is -2.48. The van der Waals surface area contributed by atoms with E-state index in [1.807, 2.05) is 29.2 Å². The molecule has 0 N–H and O–H groups in total. The van der Waals surface area contributed by atoms with E-state index in [0.717, 1.165) is 43.4 Å². The topological polar surface area (TPSA) is 76.4 Å². The zero-order valence-corrected chi connectivity index (χ0v) is 13.3. The average Bonchev–Trinajstić information content (AvgIpc) is 3.03. The molecule has 1 aliphatic rings. The van der Waals surface area contributed by atoms with Crippen molar-refractivity contribution in [3.8, 4) is 11.4 Å². The highest BCUT2D eigenvalue weighted by Crippen LogP contribution is 2.16. The largest absolute Gasteiger partial charge is 0.497 e. The summed E-state index contributed by atoms with van der Waals surface area (Å²) in [6, 6.07) is 7.61. The fourth-order valence-electron chi connectivity index (χ4n) is 2.65. The second-order valence-corrected chi connectivity index (χ2v) is 5.49. The molecule has 8 heteroatoms. The van der Waals surface area contributed by atoms with Crippen molar-refractivity contribution in [1.82, 2.24) is 30.0 Å². The molecule has 1 aromatic carbocycles. The number of methoxy groups -OCH3 is 1. The molecule has 0 atom stereocenters. The number of amides is 1. The van der Waals surface area contributed by atoms with Crippen LogP contribution >= 0.6 is 0 Å². The van der Waals surface area contributed by atoms with Gasteiger partial charge >= 0.3 is 0 Å². The molecule has 1 aliphatic heterocycles. The fourth-order valence-corrected chi connectivity index (χ4v) is 2.65. The third-order valence-corrected chi connectivity index (χ3v) is 4.03. The van der Waals surface area contributed by atoms with Crippen molar-refractivity contribution in [1.29, 1.82) is 0 Å². The molecule has 0 aliphatic carbocycles. The summed E-state index contributed by atoms with van der Waals surface area (Å²) in [4.78, 5) is 15.5. The van der Waals surface area contributed by atoms with Crippen LogP contribution < -0.4 is 4.74 Å². The van der Waals surface area contributed by atoms with Crippen molar-refractivity contribution in [2.75, 3.05) is 33.3 Å². The van der Waals surface area contributed by atoms with Crippen LogP contribution in [-0.2, 0) is 11.3 Å². The van der Waals surface area contributed by atoms with Crippen LogP contribution in [0.4, 0.5) is 0 Å². The van der Waals surface area contributed by atoms with Crippen LogP contribution in [0.5, 0.6) is 5.75 Å². The first kappa shape index (κ1) is 15.4. The van der Waals surface area contributed by atoms with E-state index in [0.29, 0.717) is 6.54 Å². The minimum absolute atomic E-state index is 0.132. The molecule has 2 heterocycles. The van der Waals surface area contributed by atoms with Crippen molar-refractivity contribution in [3.05, 3.63) is 30.1 Å². The molecule has 2 aromatic rings. The molecule has 8 nitrogen and oxygen atoms in total. The van der Waals surface area contributed by atoms with Gasteiger partial charge < -0.3 is 9.64 Å². The Morgan fingerprint density at radius 1 is 1.17 bits per heavy atom. The normalized spacial score (nSPS) is 15.7. The summed E-state index contributed by atoms with van der Waals surface area (Å²) in [7, 11) is 1.64. The minimum Gasteiger partial charge on any atom is -0.497 e. The maximum Gasteiger partial charge on any atom is 0.219 e. The van der Waals surface area contributed by atoms with Gasteiger partial charge in [0.25, 0.3) is 0 Å². The van der Waals surface area contributed by atoms with Gasteiger partial charge in [0.15, 0.2) is 5.82 Å². The molecular weight excluding hydrogens is 296 g/mol. The van der Waals surface area contributed by atoms with E-state index in [1.54, 1.807) is 18.7 Å². The number of hydrogen-bond acceptors (Lipinski definition) is 6. The lowest BCUT2D eigenvalue weighted by Crippen LogP contribution is -2.47. The maximum absolute atomic E-state index is 11.4. The number of carbonyl (C=O) groups is 1. The standard InChI is InChI=1S/C15H20N6O2/c1-12(22)20-9-7-19(8-10-20)11-15-16-17-18-21(15)13-3-5-14(23-2)6-4-13/h3-6H,7-11H2,1-2H3. The van der Waals surface area contributed by atoms with E-state index in [1.165, 1.54) is 0 Å². The Bertz CT molecular complexity index is 661. The molecular formula is C15H20N6O2. The highest BCUT2D eigenvalue weighted by molar-refractivity contribution is 5.73. The SMILES string of the molecule is COc1ccc(-n2nnnc2CN2CCN(C(C)=O)CC2)cc1. The number of carbonyl (C=O) groups excluding carboxylic acids is 1. The van der Waals surface area contributed by atoms with Crippen LogP contribution in [-0.4, -0.2) is 69.2 Å². The van der Waals surface area contributed by atoms with E-state index in [4.69, 9.17) is 4.74 Å². The van der Waals surface area contributed by atoms with Crippen LogP contribution in [0.3, 0.4) is 0 Å². The summed E-state index contributed by atoms with van der Waals surface area (Å²) in [6.45, 7) is 5.42. The molecule has 0 saturated carbocycles. The van der Waals surface area contributed by atoms with Crippen LogP contribution in [0.15, 0.2) is 24.3 Å². The lowest BCUT2D eigenvalue weighted by atomic mass is 10.3. The second kappa shape index (κ2) is 6.74. The first-order valence-electron chi connectivity index (χ1n) is 7.57. The molecule has 0 spiro atoms. The number of ether oxygens (including phenoxy) is 1. The van der Waals surface area contributed by atoms with Gasteiger partial charge in [0.1, 0.15) is 5.75 Å². The molecule has 3 rings (SSSR count). The Morgan fingerprint density at radius 2 is 1.87 bits per heavy atom. The summed E-state index contributed by atoms with van der Waals surface area (Å²) in [6.07, 6.45) is 0. The number of hydrogen-bond donors (Lipinski definition) is 0. The fraction of sp³-hybridized carbons (Fsp3) is 0.467. The monoisotopic (exact) mass is 316 g/mol. The number of benzene rings is 1. The van der Waals surface area contributed by atoms with Gasteiger partial charge in [-0.05, 0) is 34.7 Å². The van der Waals surface area contributed by atoms with Crippen molar-refractivity contribution in [2.45, 2.75) is 13.5 Å². The van der Waals surface area contributed by atoms with E-state index in [2.05, 4.69) is 20.4 Å². The Balaban J connectivity index is 1.68. The third-order valence-electron chi connectivity index (χ3n) is 4.03. The van der Waals surface area contributed by atoms with Gasteiger partial charge in [-0.25, -0.2) is 0 Å².